The number of rotatable bonds is 0. The summed E-state index contributed by atoms with van der Waals surface area (Å²) in [6.45, 7) is 0. The van der Waals surface area contributed by atoms with E-state index < -0.39 is 11.6 Å². The Morgan fingerprint density at radius 3 is 1.96 bits per heavy atom. The predicted molar refractivity (Wildman–Crippen MR) is 93.0 cm³/mol. The summed E-state index contributed by atoms with van der Waals surface area (Å²) in [5.41, 5.74) is 1.28. The van der Waals surface area contributed by atoms with E-state index in [2.05, 4.69) is 0 Å². The van der Waals surface area contributed by atoms with Gasteiger partial charge in [-0.2, -0.15) is 0 Å². The first-order valence-electron chi connectivity index (χ1n) is 7.77. The molecule has 1 spiro atoms. The van der Waals surface area contributed by atoms with Gasteiger partial charge < -0.3 is 25.8 Å². The van der Waals surface area contributed by atoms with Crippen LogP contribution in [0.5, 0.6) is 23.0 Å². The zero-order valence-corrected chi connectivity index (χ0v) is 13.6. The molecule has 3 aromatic rings. The molecule has 0 amide bonds. The molecule has 0 fully saturated rings. The standard InChI is InChI=1S/C20H12O5.H3N/c21-11-5-7-15-17(9-11)24-18-10-12(22)6-8-16(18)20(15)14-4-2-1-3-13(14)19(23)25-20;/h1-10,21-22H;1H3. The smallest absolute Gasteiger partial charge is 0.340 e. The van der Waals surface area contributed by atoms with Gasteiger partial charge in [0.1, 0.15) is 23.0 Å². The summed E-state index contributed by atoms with van der Waals surface area (Å²) >= 11 is 0. The van der Waals surface area contributed by atoms with Gasteiger partial charge in [-0.3, -0.25) is 0 Å². The fourth-order valence-corrected chi connectivity index (χ4v) is 3.65. The first-order chi connectivity index (χ1) is 12.1. The van der Waals surface area contributed by atoms with Crippen molar-refractivity contribution in [2.24, 2.45) is 0 Å². The molecule has 0 bridgehead atoms. The zero-order valence-electron chi connectivity index (χ0n) is 13.6. The summed E-state index contributed by atoms with van der Waals surface area (Å²) in [6.07, 6.45) is 0. The molecule has 2 aliphatic heterocycles. The lowest BCUT2D eigenvalue weighted by Gasteiger charge is -2.36. The number of carbonyl (C=O) groups excluding carboxylic acids is 1. The van der Waals surface area contributed by atoms with Crippen molar-refractivity contribution in [2.45, 2.75) is 5.60 Å². The molecular formula is C20H15NO5. The summed E-state index contributed by atoms with van der Waals surface area (Å²) in [7, 11) is 0. The molecule has 26 heavy (non-hydrogen) atoms. The van der Waals surface area contributed by atoms with Gasteiger partial charge in [-0.05, 0) is 30.3 Å². The van der Waals surface area contributed by atoms with Gasteiger partial charge in [0.25, 0.3) is 0 Å². The second-order valence-corrected chi connectivity index (χ2v) is 6.08. The second kappa shape index (κ2) is 5.24. The van der Waals surface area contributed by atoms with Crippen molar-refractivity contribution < 1.29 is 24.5 Å². The fraction of sp³-hybridized carbons (Fsp3) is 0.0500. The molecule has 2 heterocycles. The van der Waals surface area contributed by atoms with Crippen LogP contribution in [0.3, 0.4) is 0 Å². The summed E-state index contributed by atoms with van der Waals surface area (Å²) in [5.74, 6) is 0.408. The number of ether oxygens (including phenoxy) is 2. The Kier molecular flexibility index (Phi) is 3.22. The highest BCUT2D eigenvalue weighted by Crippen LogP contribution is 2.56. The number of phenols is 2. The van der Waals surface area contributed by atoms with E-state index in [0.717, 1.165) is 0 Å². The van der Waals surface area contributed by atoms with Crippen molar-refractivity contribution in [3.63, 3.8) is 0 Å². The molecular weight excluding hydrogens is 334 g/mol. The number of phenolic OH excluding ortho intramolecular Hbond substituents is 2. The van der Waals surface area contributed by atoms with Crippen LogP contribution in [0.4, 0.5) is 0 Å². The normalized spacial score (nSPS) is 15.2. The average Bonchev–Trinajstić information content (AvgIpc) is 2.88. The molecule has 0 unspecified atom stereocenters. The Balaban J connectivity index is 0.00000168. The number of benzene rings is 3. The minimum Gasteiger partial charge on any atom is -0.508 e. The van der Waals surface area contributed by atoms with Gasteiger partial charge in [-0.1, -0.05) is 18.2 Å². The van der Waals surface area contributed by atoms with E-state index >= 15 is 0 Å². The number of fused-ring (bicyclic) bond motifs is 6. The lowest BCUT2D eigenvalue weighted by Crippen LogP contribution is -2.32. The summed E-state index contributed by atoms with van der Waals surface area (Å²) in [5, 5.41) is 19.7. The molecule has 0 saturated carbocycles. The van der Waals surface area contributed by atoms with Gasteiger partial charge in [0, 0.05) is 28.8 Å². The SMILES string of the molecule is N.O=C1OC2(c3ccc(O)cc3Oc3cc(O)ccc32)c2ccccc21. The van der Waals surface area contributed by atoms with E-state index in [1.54, 1.807) is 24.3 Å². The first-order valence-corrected chi connectivity index (χ1v) is 7.77. The lowest BCUT2D eigenvalue weighted by molar-refractivity contribution is 0.0224. The van der Waals surface area contributed by atoms with E-state index in [0.29, 0.717) is 33.8 Å². The van der Waals surface area contributed by atoms with E-state index in [-0.39, 0.29) is 17.6 Å². The zero-order chi connectivity index (χ0) is 17.2. The Labute approximate surface area is 148 Å². The van der Waals surface area contributed by atoms with Crippen LogP contribution in [0.2, 0.25) is 0 Å². The first kappa shape index (κ1) is 16.0. The van der Waals surface area contributed by atoms with Gasteiger partial charge >= 0.3 is 5.97 Å². The summed E-state index contributed by atoms with van der Waals surface area (Å²) in [4.78, 5) is 12.5. The highest BCUT2D eigenvalue weighted by molar-refractivity contribution is 5.97. The van der Waals surface area contributed by atoms with E-state index in [4.69, 9.17) is 9.47 Å². The number of aromatic hydroxyl groups is 2. The molecule has 0 aliphatic carbocycles. The Morgan fingerprint density at radius 1 is 0.769 bits per heavy atom. The highest BCUT2D eigenvalue weighted by atomic mass is 16.6. The second-order valence-electron chi connectivity index (χ2n) is 6.08. The van der Waals surface area contributed by atoms with Crippen LogP contribution < -0.4 is 10.9 Å². The third-order valence-electron chi connectivity index (χ3n) is 4.68. The van der Waals surface area contributed by atoms with Crippen molar-refractivity contribution in [1.29, 1.82) is 0 Å². The van der Waals surface area contributed by atoms with Gasteiger partial charge in [-0.25, -0.2) is 4.79 Å². The van der Waals surface area contributed by atoms with Crippen molar-refractivity contribution in [3.8, 4) is 23.0 Å². The van der Waals surface area contributed by atoms with Crippen molar-refractivity contribution in [1.82, 2.24) is 6.15 Å². The lowest BCUT2D eigenvalue weighted by atomic mass is 9.77. The van der Waals surface area contributed by atoms with Gasteiger partial charge in [0.2, 0.25) is 0 Å². The maximum atomic E-state index is 12.5. The molecule has 5 N–H and O–H groups in total. The Hall–Kier alpha value is -3.51. The van der Waals surface area contributed by atoms with Crippen molar-refractivity contribution >= 4 is 5.97 Å². The van der Waals surface area contributed by atoms with Crippen LogP contribution in [0.15, 0.2) is 60.7 Å². The largest absolute Gasteiger partial charge is 0.508 e. The summed E-state index contributed by atoms with van der Waals surface area (Å²) in [6, 6.07) is 16.6. The molecule has 3 aromatic carbocycles. The third-order valence-corrected chi connectivity index (χ3v) is 4.68. The average molecular weight is 349 g/mol. The minimum atomic E-state index is -1.17. The predicted octanol–water partition coefficient (Wildman–Crippen LogP) is 3.83. The molecule has 130 valence electrons. The number of hydrogen-bond acceptors (Lipinski definition) is 6. The highest BCUT2D eigenvalue weighted by Gasteiger charge is 2.53. The topological polar surface area (TPSA) is 111 Å². The monoisotopic (exact) mass is 349 g/mol. The quantitative estimate of drug-likeness (QED) is 0.532. The fourth-order valence-electron chi connectivity index (χ4n) is 3.65. The maximum Gasteiger partial charge on any atom is 0.340 e. The van der Waals surface area contributed by atoms with E-state index in [1.807, 2.05) is 12.1 Å². The van der Waals surface area contributed by atoms with Crippen LogP contribution in [0.25, 0.3) is 0 Å². The molecule has 0 radical (unpaired) electrons. The molecule has 2 aliphatic rings. The summed E-state index contributed by atoms with van der Waals surface area (Å²) < 4.78 is 11.8. The van der Waals surface area contributed by atoms with Crippen LogP contribution in [-0.4, -0.2) is 16.2 Å². The number of esters is 1. The van der Waals surface area contributed by atoms with Crippen LogP contribution >= 0.6 is 0 Å². The minimum absolute atomic E-state index is 0. The molecule has 0 atom stereocenters. The molecule has 6 heteroatoms. The molecule has 5 rings (SSSR count). The van der Waals surface area contributed by atoms with Gasteiger partial charge in [0.05, 0.1) is 5.56 Å². The molecule has 6 nitrogen and oxygen atoms in total. The van der Waals surface area contributed by atoms with Crippen LogP contribution in [0.1, 0.15) is 27.0 Å². The van der Waals surface area contributed by atoms with E-state index in [1.165, 1.54) is 24.3 Å². The van der Waals surface area contributed by atoms with Crippen LogP contribution in [0, 0.1) is 0 Å². The van der Waals surface area contributed by atoms with Crippen molar-refractivity contribution in [3.05, 3.63) is 82.9 Å². The Morgan fingerprint density at radius 2 is 1.35 bits per heavy atom. The van der Waals surface area contributed by atoms with E-state index in [9.17, 15) is 15.0 Å². The number of hydrogen-bond donors (Lipinski definition) is 3. The van der Waals surface area contributed by atoms with Gasteiger partial charge in [-0.15, -0.1) is 0 Å². The van der Waals surface area contributed by atoms with Gasteiger partial charge in [0.15, 0.2) is 5.60 Å². The molecule has 0 saturated heterocycles. The molecule has 0 aromatic heterocycles. The number of carbonyl (C=O) groups is 1. The Bertz CT molecular complexity index is 1010. The van der Waals surface area contributed by atoms with Crippen LogP contribution in [-0.2, 0) is 10.3 Å². The third kappa shape index (κ3) is 1.87. The van der Waals surface area contributed by atoms with Crippen molar-refractivity contribution in [2.75, 3.05) is 0 Å². The maximum absolute atomic E-state index is 12.5.